The molecule has 0 unspecified atom stereocenters. The summed E-state index contributed by atoms with van der Waals surface area (Å²) in [5.41, 5.74) is -0.277. The van der Waals surface area contributed by atoms with E-state index in [1.807, 2.05) is 0 Å². The number of piperidine rings is 1. The molecule has 0 saturated carbocycles. The Morgan fingerprint density at radius 1 is 1.41 bits per heavy atom. The number of rotatable bonds is 1. The smallest absolute Gasteiger partial charge is 0.276 e. The number of morpholine rings is 1. The van der Waals surface area contributed by atoms with Gasteiger partial charge in [-0.15, -0.1) is 0 Å². The lowest BCUT2D eigenvalue weighted by molar-refractivity contribution is -0.167. The maximum Gasteiger partial charge on any atom is 0.276 e. The zero-order valence-corrected chi connectivity index (χ0v) is 12.5. The number of pyridine rings is 1. The second-order valence-corrected chi connectivity index (χ2v) is 5.88. The van der Waals surface area contributed by atoms with Gasteiger partial charge in [-0.05, 0) is 25.0 Å². The molecule has 7 nitrogen and oxygen atoms in total. The first-order valence-corrected chi connectivity index (χ1v) is 7.32. The van der Waals surface area contributed by atoms with Crippen LogP contribution in [0.2, 0.25) is 0 Å². The van der Waals surface area contributed by atoms with Crippen LogP contribution in [-0.4, -0.2) is 70.6 Å². The number of hydrogen-bond donors (Lipinski definition) is 1. The van der Waals surface area contributed by atoms with Crippen molar-refractivity contribution in [1.29, 1.82) is 0 Å². The zero-order chi connectivity index (χ0) is 15.7. The van der Waals surface area contributed by atoms with E-state index < -0.39 is 0 Å². The Kier molecular flexibility index (Phi) is 3.74. The topological polar surface area (TPSA) is 83.0 Å². The fourth-order valence-corrected chi connectivity index (χ4v) is 3.02. The Balaban J connectivity index is 1.66. The first-order valence-electron chi connectivity index (χ1n) is 7.32. The molecule has 1 spiro atoms. The van der Waals surface area contributed by atoms with Gasteiger partial charge in [-0.3, -0.25) is 9.59 Å². The first kappa shape index (κ1) is 14.8. The second kappa shape index (κ2) is 5.57. The van der Waals surface area contributed by atoms with Crippen molar-refractivity contribution in [3.05, 3.63) is 24.0 Å². The fraction of sp³-hybridized carbons (Fsp3) is 0.533. The van der Waals surface area contributed by atoms with Crippen LogP contribution in [0.15, 0.2) is 18.3 Å². The minimum absolute atomic E-state index is 0.0115. The van der Waals surface area contributed by atoms with Crippen molar-refractivity contribution in [3.8, 4) is 5.75 Å². The molecule has 3 rings (SSSR count). The van der Waals surface area contributed by atoms with Crippen molar-refractivity contribution in [2.75, 3.05) is 33.3 Å². The summed E-state index contributed by atoms with van der Waals surface area (Å²) in [7, 11) is 1.77. The number of nitrogens with zero attached hydrogens (tertiary/aromatic N) is 3. The third-order valence-electron chi connectivity index (χ3n) is 4.40. The highest BCUT2D eigenvalue weighted by atomic mass is 16.5. The molecular weight excluding hydrogens is 286 g/mol. The van der Waals surface area contributed by atoms with Crippen LogP contribution in [0.4, 0.5) is 0 Å². The van der Waals surface area contributed by atoms with Crippen LogP contribution in [0, 0.1) is 0 Å². The maximum atomic E-state index is 12.4. The lowest BCUT2D eigenvalue weighted by atomic mass is 9.89. The van der Waals surface area contributed by atoms with E-state index in [2.05, 4.69) is 4.98 Å². The van der Waals surface area contributed by atoms with E-state index in [1.54, 1.807) is 22.9 Å². The molecule has 1 aromatic heterocycles. The molecule has 2 aliphatic heterocycles. The molecule has 1 aromatic rings. The molecule has 2 amide bonds. The molecule has 0 radical (unpaired) electrons. The molecule has 2 fully saturated rings. The standard InChI is InChI=1S/C15H19N3O4/c1-17-10-15(22-9-12(17)20)4-7-18(8-5-15)14(21)13-11(19)3-2-6-16-13/h2-3,6,19H,4-5,7-10H2,1H3. The average Bonchev–Trinajstić information content (AvgIpc) is 2.52. The van der Waals surface area contributed by atoms with Gasteiger partial charge in [-0.2, -0.15) is 0 Å². The number of aromatic nitrogens is 1. The summed E-state index contributed by atoms with van der Waals surface area (Å²) in [4.78, 5) is 31.2. The Morgan fingerprint density at radius 3 is 2.77 bits per heavy atom. The number of ether oxygens (including phenoxy) is 1. The monoisotopic (exact) mass is 305 g/mol. The summed E-state index contributed by atoms with van der Waals surface area (Å²) >= 11 is 0. The van der Waals surface area contributed by atoms with Gasteiger partial charge in [-0.25, -0.2) is 4.98 Å². The highest BCUT2D eigenvalue weighted by Gasteiger charge is 2.42. The van der Waals surface area contributed by atoms with Gasteiger partial charge in [0.25, 0.3) is 5.91 Å². The molecule has 0 bridgehead atoms. The van der Waals surface area contributed by atoms with Crippen LogP contribution in [0.5, 0.6) is 5.75 Å². The van der Waals surface area contributed by atoms with Crippen molar-refractivity contribution in [3.63, 3.8) is 0 Å². The molecule has 22 heavy (non-hydrogen) atoms. The second-order valence-electron chi connectivity index (χ2n) is 5.88. The normalized spacial score (nSPS) is 21.2. The Morgan fingerprint density at radius 2 is 2.14 bits per heavy atom. The van der Waals surface area contributed by atoms with Crippen LogP contribution >= 0.6 is 0 Å². The van der Waals surface area contributed by atoms with Gasteiger partial charge in [0.15, 0.2) is 5.69 Å². The lowest BCUT2D eigenvalue weighted by Crippen LogP contribution is -2.58. The van der Waals surface area contributed by atoms with Gasteiger partial charge in [-0.1, -0.05) is 0 Å². The molecule has 0 aromatic carbocycles. The summed E-state index contributed by atoms with van der Waals surface area (Å²) in [5, 5.41) is 9.74. The van der Waals surface area contributed by atoms with Gasteiger partial charge in [0.2, 0.25) is 5.91 Å². The number of carbonyl (C=O) groups excluding carboxylic acids is 2. The van der Waals surface area contributed by atoms with E-state index in [-0.39, 0.29) is 35.5 Å². The number of likely N-dealkylation sites (N-methyl/N-ethyl adjacent to an activating group) is 1. The number of hydrogen-bond acceptors (Lipinski definition) is 5. The van der Waals surface area contributed by atoms with Gasteiger partial charge >= 0.3 is 0 Å². The van der Waals surface area contributed by atoms with Crippen LogP contribution in [-0.2, 0) is 9.53 Å². The van der Waals surface area contributed by atoms with Crippen LogP contribution in [0.3, 0.4) is 0 Å². The van der Waals surface area contributed by atoms with Crippen molar-refractivity contribution in [1.82, 2.24) is 14.8 Å². The van der Waals surface area contributed by atoms with E-state index in [9.17, 15) is 14.7 Å². The van der Waals surface area contributed by atoms with Crippen molar-refractivity contribution >= 4 is 11.8 Å². The molecule has 2 aliphatic rings. The summed E-state index contributed by atoms with van der Waals surface area (Å²) in [5.74, 6) is -0.386. The fourth-order valence-electron chi connectivity index (χ4n) is 3.02. The van der Waals surface area contributed by atoms with E-state index in [4.69, 9.17) is 4.74 Å². The van der Waals surface area contributed by atoms with Crippen molar-refractivity contribution < 1.29 is 19.4 Å². The van der Waals surface area contributed by atoms with E-state index in [0.717, 1.165) is 0 Å². The van der Waals surface area contributed by atoms with Crippen LogP contribution in [0.1, 0.15) is 23.3 Å². The largest absolute Gasteiger partial charge is 0.505 e. The lowest BCUT2D eigenvalue weighted by Gasteiger charge is -2.46. The highest BCUT2D eigenvalue weighted by molar-refractivity contribution is 5.94. The Labute approximate surface area is 128 Å². The highest BCUT2D eigenvalue weighted by Crippen LogP contribution is 2.31. The van der Waals surface area contributed by atoms with Crippen molar-refractivity contribution in [2.45, 2.75) is 18.4 Å². The summed E-state index contributed by atoms with van der Waals surface area (Å²) < 4.78 is 5.75. The summed E-state index contributed by atoms with van der Waals surface area (Å²) in [6, 6.07) is 3.04. The number of likely N-dealkylation sites (tertiary alicyclic amines) is 1. The van der Waals surface area contributed by atoms with Gasteiger partial charge in [0, 0.05) is 32.9 Å². The maximum absolute atomic E-state index is 12.4. The quantitative estimate of drug-likeness (QED) is 0.804. The SMILES string of the molecule is CN1CC2(CCN(C(=O)c3ncccc3O)CC2)OCC1=O. The molecular formula is C15H19N3O4. The Bertz CT molecular complexity index is 596. The molecule has 118 valence electrons. The predicted octanol–water partition coefficient (Wildman–Crippen LogP) is 0.251. The average molecular weight is 305 g/mol. The first-order chi connectivity index (χ1) is 10.5. The molecule has 2 saturated heterocycles. The van der Waals surface area contributed by atoms with Gasteiger partial charge in [0.05, 0.1) is 5.60 Å². The summed E-state index contributed by atoms with van der Waals surface area (Å²) in [6.45, 7) is 1.71. The predicted molar refractivity (Wildman–Crippen MR) is 77.4 cm³/mol. The number of aromatic hydroxyl groups is 1. The van der Waals surface area contributed by atoms with E-state index >= 15 is 0 Å². The van der Waals surface area contributed by atoms with Gasteiger partial charge < -0.3 is 19.6 Å². The molecule has 7 heteroatoms. The number of carbonyl (C=O) groups is 2. The molecule has 0 atom stereocenters. The van der Waals surface area contributed by atoms with Crippen molar-refractivity contribution in [2.24, 2.45) is 0 Å². The zero-order valence-electron chi connectivity index (χ0n) is 12.5. The molecule has 0 aliphatic carbocycles. The third kappa shape index (κ3) is 2.64. The van der Waals surface area contributed by atoms with E-state index in [0.29, 0.717) is 32.5 Å². The number of amides is 2. The van der Waals surface area contributed by atoms with Gasteiger partial charge in [0.1, 0.15) is 12.4 Å². The minimum atomic E-state index is -0.356. The van der Waals surface area contributed by atoms with Crippen LogP contribution in [0.25, 0.3) is 0 Å². The van der Waals surface area contributed by atoms with E-state index in [1.165, 1.54) is 12.3 Å². The minimum Gasteiger partial charge on any atom is -0.505 e. The third-order valence-corrected chi connectivity index (χ3v) is 4.40. The molecule has 1 N–H and O–H groups in total. The van der Waals surface area contributed by atoms with Crippen LogP contribution < -0.4 is 0 Å². The molecule has 3 heterocycles. The summed E-state index contributed by atoms with van der Waals surface area (Å²) in [6.07, 6.45) is 2.83. The Hall–Kier alpha value is -2.15.